The van der Waals surface area contributed by atoms with E-state index in [0.717, 1.165) is 49.4 Å². The molecule has 9 aromatic rings. The largest absolute Gasteiger partial charge is 0.455 e. The van der Waals surface area contributed by atoms with Crippen LogP contribution in [0.5, 0.6) is 0 Å². The molecule has 0 spiro atoms. The van der Waals surface area contributed by atoms with E-state index in [-0.39, 0.29) is 0 Å². The summed E-state index contributed by atoms with van der Waals surface area (Å²) in [6, 6.07) is 43.7. The van der Waals surface area contributed by atoms with Crippen LogP contribution in [0.1, 0.15) is 23.5 Å². The van der Waals surface area contributed by atoms with E-state index in [9.17, 15) is 0 Å². The maximum absolute atomic E-state index is 6.82. The summed E-state index contributed by atoms with van der Waals surface area (Å²) in [6.07, 6.45) is 6.04. The second kappa shape index (κ2) is 8.52. The minimum Gasteiger partial charge on any atom is -0.455 e. The lowest BCUT2D eigenvalue weighted by Gasteiger charge is -2.24. The molecule has 0 N–H and O–H groups in total. The molecular formula is C43H26O2. The second-order valence-electron chi connectivity index (χ2n) is 12.8. The summed E-state index contributed by atoms with van der Waals surface area (Å²) >= 11 is 0. The number of furan rings is 2. The Morgan fingerprint density at radius 2 is 1.20 bits per heavy atom. The predicted molar refractivity (Wildman–Crippen MR) is 187 cm³/mol. The number of para-hydroxylation sites is 2. The zero-order valence-electron chi connectivity index (χ0n) is 24.4. The highest BCUT2D eigenvalue weighted by Crippen LogP contribution is 2.60. The van der Waals surface area contributed by atoms with Gasteiger partial charge in [0, 0.05) is 21.7 Å². The molecule has 2 nitrogen and oxygen atoms in total. The number of rotatable bonds is 2. The minimum atomic E-state index is 0.500. The lowest BCUT2D eigenvalue weighted by molar-refractivity contribution is 0.663. The normalized spacial score (nSPS) is 17.2. The Hall–Kier alpha value is -5.60. The van der Waals surface area contributed by atoms with Crippen LogP contribution in [0.4, 0.5) is 0 Å². The summed E-state index contributed by atoms with van der Waals surface area (Å²) in [5.74, 6) is 1.09. The van der Waals surface area contributed by atoms with Crippen molar-refractivity contribution in [3.8, 4) is 22.3 Å². The second-order valence-corrected chi connectivity index (χ2v) is 12.8. The van der Waals surface area contributed by atoms with Crippen LogP contribution in [-0.4, -0.2) is 0 Å². The minimum absolute atomic E-state index is 0.500. The standard InChI is InChI=1S/C43H26O2/c1-2-10-25-21-27(18-17-24(25)9-1)38-29-12-3-4-13-30(29)39(40-32(38)20-19-26-22-33(26)40)35-23-34-28-11-5-7-15-36(28)44-42(34)41-31-14-6-8-16-37(31)45-43(35)41/h1-21,23,26,33H,22H2. The van der Waals surface area contributed by atoms with Crippen LogP contribution in [0.15, 0.2) is 136 Å². The molecule has 2 aliphatic rings. The smallest absolute Gasteiger partial charge is 0.147 e. The van der Waals surface area contributed by atoms with Gasteiger partial charge >= 0.3 is 0 Å². The highest BCUT2D eigenvalue weighted by molar-refractivity contribution is 6.27. The summed E-state index contributed by atoms with van der Waals surface area (Å²) in [7, 11) is 0. The first-order chi connectivity index (χ1) is 22.3. The summed E-state index contributed by atoms with van der Waals surface area (Å²) in [5.41, 5.74) is 11.4. The Kier molecular flexibility index (Phi) is 4.51. The first-order valence-corrected chi connectivity index (χ1v) is 15.8. The highest BCUT2D eigenvalue weighted by Gasteiger charge is 2.43. The van der Waals surface area contributed by atoms with Gasteiger partial charge in [0.25, 0.3) is 0 Å². The summed E-state index contributed by atoms with van der Waals surface area (Å²) in [6.45, 7) is 0. The van der Waals surface area contributed by atoms with Gasteiger partial charge in [-0.1, -0.05) is 109 Å². The Balaban J connectivity index is 1.33. The Morgan fingerprint density at radius 1 is 0.533 bits per heavy atom. The van der Waals surface area contributed by atoms with E-state index in [2.05, 4.69) is 127 Å². The first kappa shape index (κ1) is 23.8. The maximum atomic E-state index is 6.82. The molecule has 2 heteroatoms. The van der Waals surface area contributed by atoms with Gasteiger partial charge in [0.15, 0.2) is 0 Å². The molecule has 11 rings (SSSR count). The molecule has 1 fully saturated rings. The Morgan fingerprint density at radius 3 is 2.04 bits per heavy atom. The quantitative estimate of drug-likeness (QED) is 0.205. The molecular weight excluding hydrogens is 548 g/mol. The van der Waals surface area contributed by atoms with E-state index in [1.165, 1.54) is 55.8 Å². The molecule has 0 bridgehead atoms. The molecule has 2 atom stereocenters. The van der Waals surface area contributed by atoms with E-state index in [4.69, 9.17) is 8.83 Å². The van der Waals surface area contributed by atoms with Crippen LogP contribution < -0.4 is 0 Å². The van der Waals surface area contributed by atoms with Gasteiger partial charge < -0.3 is 8.83 Å². The zero-order chi connectivity index (χ0) is 29.2. The van der Waals surface area contributed by atoms with Crippen LogP contribution in [0.3, 0.4) is 0 Å². The maximum Gasteiger partial charge on any atom is 0.147 e. The molecule has 2 heterocycles. The summed E-state index contributed by atoms with van der Waals surface area (Å²) in [5, 5.41) is 9.49. The predicted octanol–water partition coefficient (Wildman–Crippen LogP) is 12.3. The lowest BCUT2D eigenvalue weighted by Crippen LogP contribution is -2.02. The fourth-order valence-electron chi connectivity index (χ4n) is 8.21. The Bertz CT molecular complexity index is 2750. The first-order valence-electron chi connectivity index (χ1n) is 15.8. The molecule has 7 aromatic carbocycles. The van der Waals surface area contributed by atoms with Gasteiger partial charge in [-0.3, -0.25) is 0 Å². The van der Waals surface area contributed by atoms with E-state index < -0.39 is 0 Å². The van der Waals surface area contributed by atoms with Crippen molar-refractivity contribution in [1.29, 1.82) is 0 Å². The number of allylic oxidation sites excluding steroid dienone is 1. The van der Waals surface area contributed by atoms with Crippen LogP contribution in [-0.2, 0) is 0 Å². The fraction of sp³-hybridized carbons (Fsp3) is 0.0698. The van der Waals surface area contributed by atoms with Gasteiger partial charge in [0.1, 0.15) is 22.3 Å². The number of fused-ring (bicyclic) bond motifs is 12. The van der Waals surface area contributed by atoms with Gasteiger partial charge in [-0.05, 0) is 91.9 Å². The molecule has 0 saturated heterocycles. The van der Waals surface area contributed by atoms with Crippen molar-refractivity contribution in [2.75, 3.05) is 0 Å². The summed E-state index contributed by atoms with van der Waals surface area (Å²) in [4.78, 5) is 0. The number of hydrogen-bond donors (Lipinski definition) is 0. The highest BCUT2D eigenvalue weighted by atomic mass is 16.3. The third-order valence-corrected chi connectivity index (χ3v) is 10.3. The average molecular weight is 575 g/mol. The molecule has 2 unspecified atom stereocenters. The van der Waals surface area contributed by atoms with E-state index >= 15 is 0 Å². The topological polar surface area (TPSA) is 26.3 Å². The van der Waals surface area contributed by atoms with E-state index in [1.54, 1.807) is 0 Å². The lowest BCUT2D eigenvalue weighted by atomic mass is 9.79. The molecule has 2 aromatic heterocycles. The third-order valence-electron chi connectivity index (χ3n) is 10.3. The van der Waals surface area contributed by atoms with Crippen molar-refractivity contribution < 1.29 is 8.83 Å². The molecule has 0 radical (unpaired) electrons. The van der Waals surface area contributed by atoms with Crippen molar-refractivity contribution in [2.45, 2.75) is 12.3 Å². The SMILES string of the molecule is C1=CC2CC2c2c1c(-c1ccc3ccccc3c1)c1ccccc1c2-c1cc2c3ccccc3oc2c2c1oc1ccccc12. The molecule has 45 heavy (non-hydrogen) atoms. The average Bonchev–Trinajstić information content (AvgIpc) is 3.65. The summed E-state index contributed by atoms with van der Waals surface area (Å²) < 4.78 is 13.4. The number of benzene rings is 7. The molecule has 1 saturated carbocycles. The van der Waals surface area contributed by atoms with Crippen molar-refractivity contribution in [1.82, 2.24) is 0 Å². The number of hydrogen-bond acceptors (Lipinski definition) is 2. The van der Waals surface area contributed by atoms with Crippen LogP contribution in [0, 0.1) is 5.92 Å². The molecule has 0 amide bonds. The van der Waals surface area contributed by atoms with Gasteiger partial charge in [0.05, 0.1) is 5.39 Å². The molecule has 2 aliphatic carbocycles. The monoisotopic (exact) mass is 574 g/mol. The fourth-order valence-corrected chi connectivity index (χ4v) is 8.21. The molecule has 0 aliphatic heterocycles. The van der Waals surface area contributed by atoms with Gasteiger partial charge in [-0.2, -0.15) is 0 Å². The molecule has 210 valence electrons. The van der Waals surface area contributed by atoms with Gasteiger partial charge in [0.2, 0.25) is 0 Å². The van der Waals surface area contributed by atoms with Gasteiger partial charge in [-0.15, -0.1) is 0 Å². The van der Waals surface area contributed by atoms with Crippen LogP contribution in [0.25, 0.3) is 93.8 Å². The van der Waals surface area contributed by atoms with E-state index in [1.807, 2.05) is 6.07 Å². The third kappa shape index (κ3) is 3.18. The van der Waals surface area contributed by atoms with Crippen molar-refractivity contribution in [3.63, 3.8) is 0 Å². The Labute approximate surface area is 258 Å². The van der Waals surface area contributed by atoms with Crippen LogP contribution >= 0.6 is 0 Å². The van der Waals surface area contributed by atoms with Crippen LogP contribution in [0.2, 0.25) is 0 Å². The van der Waals surface area contributed by atoms with Crippen molar-refractivity contribution in [2.24, 2.45) is 5.92 Å². The van der Waals surface area contributed by atoms with Crippen molar-refractivity contribution in [3.05, 3.63) is 139 Å². The van der Waals surface area contributed by atoms with Gasteiger partial charge in [-0.25, -0.2) is 0 Å². The van der Waals surface area contributed by atoms with E-state index in [0.29, 0.717) is 11.8 Å². The van der Waals surface area contributed by atoms with Crippen molar-refractivity contribution >= 4 is 71.5 Å². The zero-order valence-corrected chi connectivity index (χ0v) is 24.4.